The Balaban J connectivity index is 1.62. The van der Waals surface area contributed by atoms with Gasteiger partial charge in [0.15, 0.2) is 6.10 Å². The van der Waals surface area contributed by atoms with Gasteiger partial charge >= 0.3 is 0 Å². The molecule has 5 nitrogen and oxygen atoms in total. The summed E-state index contributed by atoms with van der Waals surface area (Å²) in [5.74, 6) is 0.251. The van der Waals surface area contributed by atoms with Crippen LogP contribution in [0, 0.1) is 0 Å². The first-order chi connectivity index (χ1) is 15.7. The Labute approximate surface area is 189 Å². The number of ether oxygens (including phenoxy) is 1. The highest BCUT2D eigenvalue weighted by molar-refractivity contribution is 5.97. The molecular weight excluding hydrogens is 400 g/mol. The molecular formula is C27H28N2O3. The third-order valence-electron chi connectivity index (χ3n) is 5.70. The maximum atomic E-state index is 13.6. The van der Waals surface area contributed by atoms with E-state index in [1.165, 1.54) is 0 Å². The average Bonchev–Trinajstić information content (AvgIpc) is 2.86. The molecule has 1 aliphatic rings. The summed E-state index contributed by atoms with van der Waals surface area (Å²) in [4.78, 5) is 28.0. The molecule has 0 unspecified atom stereocenters. The molecule has 1 atom stereocenters. The lowest BCUT2D eigenvalue weighted by atomic mass is 9.88. The molecule has 0 aromatic heterocycles. The number of fused-ring (bicyclic) bond motifs is 1. The fraction of sp³-hybridized carbons (Fsp3) is 0.259. The number of carbonyl (C=O) groups excluding carboxylic acids is 2. The Kier molecular flexibility index (Phi) is 6.85. The molecule has 0 spiro atoms. The van der Waals surface area contributed by atoms with Gasteiger partial charge in [0, 0.05) is 18.9 Å². The number of hydrogen-bond acceptors (Lipinski definition) is 3. The van der Waals surface area contributed by atoms with Crippen LogP contribution in [0.3, 0.4) is 0 Å². The molecule has 0 saturated carbocycles. The van der Waals surface area contributed by atoms with E-state index in [4.69, 9.17) is 4.74 Å². The van der Waals surface area contributed by atoms with Crippen molar-refractivity contribution in [3.05, 3.63) is 96.1 Å². The fourth-order valence-electron chi connectivity index (χ4n) is 4.05. The standard InChI is InChI=1S/C27H28N2O3/c1-2-17-28-27(31)25-19-29(23-15-9-10-16-24(23)32-25)26(30)18-22(20-11-5-3-6-12-20)21-13-7-4-8-14-21/h3-16,22,25H,2,17-19H2,1H3,(H,28,31)/t25-/m0/s1. The Bertz CT molecular complexity index is 1010. The summed E-state index contributed by atoms with van der Waals surface area (Å²) in [6.07, 6.45) is 0.409. The molecule has 0 bridgehead atoms. The highest BCUT2D eigenvalue weighted by Gasteiger charge is 2.34. The maximum absolute atomic E-state index is 13.6. The van der Waals surface area contributed by atoms with Crippen LogP contribution in [0.1, 0.15) is 36.8 Å². The average molecular weight is 429 g/mol. The van der Waals surface area contributed by atoms with Crippen LogP contribution in [0.2, 0.25) is 0 Å². The van der Waals surface area contributed by atoms with E-state index >= 15 is 0 Å². The van der Waals surface area contributed by atoms with Crippen molar-refractivity contribution in [3.8, 4) is 5.75 Å². The van der Waals surface area contributed by atoms with E-state index in [2.05, 4.69) is 29.6 Å². The molecule has 1 heterocycles. The summed E-state index contributed by atoms with van der Waals surface area (Å²) in [5, 5.41) is 2.88. The number of amides is 2. The second-order valence-corrected chi connectivity index (χ2v) is 7.95. The molecule has 5 heteroatoms. The van der Waals surface area contributed by atoms with Gasteiger partial charge in [0.05, 0.1) is 12.2 Å². The van der Waals surface area contributed by atoms with Crippen molar-refractivity contribution in [2.75, 3.05) is 18.0 Å². The normalized spacial score (nSPS) is 15.1. The molecule has 1 aliphatic heterocycles. The van der Waals surface area contributed by atoms with Crippen molar-refractivity contribution in [1.82, 2.24) is 5.32 Å². The van der Waals surface area contributed by atoms with Gasteiger partial charge in [-0.2, -0.15) is 0 Å². The van der Waals surface area contributed by atoms with E-state index in [1.54, 1.807) is 11.0 Å². The number of rotatable bonds is 7. The fourth-order valence-corrected chi connectivity index (χ4v) is 4.05. The molecule has 3 aromatic carbocycles. The summed E-state index contributed by atoms with van der Waals surface area (Å²) in [6, 6.07) is 27.6. The molecule has 2 amide bonds. The van der Waals surface area contributed by atoms with Gasteiger partial charge in [-0.25, -0.2) is 0 Å². The number of benzene rings is 3. The van der Waals surface area contributed by atoms with Crippen molar-refractivity contribution in [2.24, 2.45) is 0 Å². The lowest BCUT2D eigenvalue weighted by Gasteiger charge is -2.35. The highest BCUT2D eigenvalue weighted by atomic mass is 16.5. The van der Waals surface area contributed by atoms with Crippen LogP contribution in [0.15, 0.2) is 84.9 Å². The van der Waals surface area contributed by atoms with Gasteiger partial charge in [-0.15, -0.1) is 0 Å². The van der Waals surface area contributed by atoms with Crippen molar-refractivity contribution < 1.29 is 14.3 Å². The van der Waals surface area contributed by atoms with Gasteiger partial charge in [0.1, 0.15) is 5.75 Å². The Morgan fingerprint density at radius 2 is 1.53 bits per heavy atom. The molecule has 3 aromatic rings. The van der Waals surface area contributed by atoms with Crippen LogP contribution < -0.4 is 15.0 Å². The number of para-hydroxylation sites is 2. The second-order valence-electron chi connectivity index (χ2n) is 7.95. The van der Waals surface area contributed by atoms with Crippen molar-refractivity contribution in [1.29, 1.82) is 0 Å². The first-order valence-electron chi connectivity index (χ1n) is 11.1. The highest BCUT2D eigenvalue weighted by Crippen LogP contribution is 2.36. The first kappa shape index (κ1) is 21.6. The largest absolute Gasteiger partial charge is 0.477 e. The molecule has 0 saturated heterocycles. The van der Waals surface area contributed by atoms with E-state index in [9.17, 15) is 9.59 Å². The summed E-state index contributed by atoms with van der Waals surface area (Å²) >= 11 is 0. The molecule has 4 rings (SSSR count). The van der Waals surface area contributed by atoms with Crippen LogP contribution >= 0.6 is 0 Å². The van der Waals surface area contributed by atoms with Gasteiger partial charge < -0.3 is 15.0 Å². The Morgan fingerprint density at radius 1 is 0.938 bits per heavy atom. The van der Waals surface area contributed by atoms with Crippen molar-refractivity contribution >= 4 is 17.5 Å². The van der Waals surface area contributed by atoms with E-state index in [-0.39, 0.29) is 24.3 Å². The maximum Gasteiger partial charge on any atom is 0.262 e. The van der Waals surface area contributed by atoms with Crippen LogP contribution in [-0.2, 0) is 9.59 Å². The van der Waals surface area contributed by atoms with Gasteiger partial charge in [-0.05, 0) is 29.7 Å². The third kappa shape index (κ3) is 4.83. The SMILES string of the molecule is CCCNC(=O)[C@@H]1CN(C(=O)CC(c2ccccc2)c2ccccc2)c2ccccc2O1. The summed E-state index contributed by atoms with van der Waals surface area (Å²) in [5.41, 5.74) is 2.88. The van der Waals surface area contributed by atoms with Gasteiger partial charge in [-0.1, -0.05) is 79.7 Å². The lowest BCUT2D eigenvalue weighted by molar-refractivity contribution is -0.128. The zero-order valence-electron chi connectivity index (χ0n) is 18.2. The van der Waals surface area contributed by atoms with Crippen molar-refractivity contribution in [3.63, 3.8) is 0 Å². The van der Waals surface area contributed by atoms with E-state index < -0.39 is 6.10 Å². The first-order valence-corrected chi connectivity index (χ1v) is 11.1. The number of nitrogens with one attached hydrogen (secondary N) is 1. The zero-order chi connectivity index (χ0) is 22.3. The Morgan fingerprint density at radius 3 is 2.16 bits per heavy atom. The smallest absolute Gasteiger partial charge is 0.262 e. The Hall–Kier alpha value is -3.60. The van der Waals surface area contributed by atoms with E-state index in [1.807, 2.05) is 61.5 Å². The predicted octanol–water partition coefficient (Wildman–Crippen LogP) is 4.53. The molecule has 0 radical (unpaired) electrons. The summed E-state index contributed by atoms with van der Waals surface area (Å²) < 4.78 is 5.94. The van der Waals surface area contributed by atoms with Crippen LogP contribution in [0.5, 0.6) is 5.75 Å². The zero-order valence-corrected chi connectivity index (χ0v) is 18.2. The monoisotopic (exact) mass is 428 g/mol. The van der Waals surface area contributed by atoms with Crippen LogP contribution in [0.4, 0.5) is 5.69 Å². The minimum atomic E-state index is -0.729. The summed E-state index contributed by atoms with van der Waals surface area (Å²) in [7, 11) is 0. The van der Waals surface area contributed by atoms with Crippen molar-refractivity contribution in [2.45, 2.75) is 31.8 Å². The molecule has 0 aliphatic carbocycles. The van der Waals surface area contributed by atoms with Gasteiger partial charge in [0.2, 0.25) is 5.91 Å². The van der Waals surface area contributed by atoms with Crippen LogP contribution in [0.25, 0.3) is 0 Å². The van der Waals surface area contributed by atoms with E-state index in [0.717, 1.165) is 17.5 Å². The quantitative estimate of drug-likeness (QED) is 0.602. The van der Waals surface area contributed by atoms with Gasteiger partial charge in [0.25, 0.3) is 5.91 Å². The third-order valence-corrected chi connectivity index (χ3v) is 5.70. The summed E-state index contributed by atoms with van der Waals surface area (Å²) in [6.45, 7) is 2.78. The van der Waals surface area contributed by atoms with E-state index in [0.29, 0.717) is 24.4 Å². The number of anilines is 1. The topological polar surface area (TPSA) is 58.6 Å². The van der Waals surface area contributed by atoms with Gasteiger partial charge in [-0.3, -0.25) is 9.59 Å². The number of carbonyl (C=O) groups is 2. The predicted molar refractivity (Wildman–Crippen MR) is 126 cm³/mol. The minimum absolute atomic E-state index is 0.0354. The number of hydrogen-bond donors (Lipinski definition) is 1. The molecule has 32 heavy (non-hydrogen) atoms. The number of nitrogens with zero attached hydrogens (tertiary/aromatic N) is 1. The lowest BCUT2D eigenvalue weighted by Crippen LogP contribution is -2.51. The molecule has 164 valence electrons. The second kappa shape index (κ2) is 10.1. The minimum Gasteiger partial charge on any atom is -0.477 e. The van der Waals surface area contributed by atoms with Crippen LogP contribution in [-0.4, -0.2) is 31.0 Å². The molecule has 1 N–H and O–H groups in total. The molecule has 0 fully saturated rings.